The summed E-state index contributed by atoms with van der Waals surface area (Å²) < 4.78 is 32.9. The third-order valence-corrected chi connectivity index (χ3v) is 7.43. The third kappa shape index (κ3) is 5.29. The van der Waals surface area contributed by atoms with Crippen molar-refractivity contribution in [2.75, 3.05) is 13.1 Å². The van der Waals surface area contributed by atoms with E-state index in [-0.39, 0.29) is 11.5 Å². The zero-order valence-electron chi connectivity index (χ0n) is 18.2. The molecule has 2 aromatic carbocycles. The van der Waals surface area contributed by atoms with Crippen LogP contribution in [0.15, 0.2) is 53.4 Å². The number of carbonyl (C=O) groups is 1. The Kier molecular flexibility index (Phi) is 6.98. The highest BCUT2D eigenvalue weighted by Crippen LogP contribution is 2.27. The maximum absolute atomic E-state index is 13.0. The minimum atomic E-state index is -3.56. The van der Waals surface area contributed by atoms with Crippen molar-refractivity contribution < 1.29 is 17.9 Å². The van der Waals surface area contributed by atoms with Crippen molar-refractivity contribution in [3.63, 3.8) is 0 Å². The van der Waals surface area contributed by atoms with Crippen molar-refractivity contribution in [1.29, 1.82) is 0 Å². The van der Waals surface area contributed by atoms with Gasteiger partial charge < -0.3 is 4.74 Å². The number of hydrogen-bond donors (Lipinski definition) is 0. The van der Waals surface area contributed by atoms with Gasteiger partial charge in [-0.2, -0.15) is 4.31 Å². The van der Waals surface area contributed by atoms with E-state index in [4.69, 9.17) is 4.74 Å². The van der Waals surface area contributed by atoms with E-state index in [0.29, 0.717) is 36.4 Å². The van der Waals surface area contributed by atoms with Crippen LogP contribution in [0.5, 0.6) is 0 Å². The maximum atomic E-state index is 13.0. The van der Waals surface area contributed by atoms with Crippen molar-refractivity contribution in [3.8, 4) is 0 Å². The molecule has 1 aliphatic heterocycles. The van der Waals surface area contributed by atoms with E-state index in [1.165, 1.54) is 29.8 Å². The lowest BCUT2D eigenvalue weighted by molar-refractivity contribution is 0.0472. The zero-order valence-corrected chi connectivity index (χ0v) is 19.0. The first-order valence-corrected chi connectivity index (χ1v) is 12.0. The molecule has 162 valence electrons. The van der Waals surface area contributed by atoms with Crippen molar-refractivity contribution >= 4 is 16.0 Å². The molecule has 2 atom stereocenters. The molecule has 30 heavy (non-hydrogen) atoms. The normalized spacial score (nSPS) is 20.3. The lowest BCUT2D eigenvalue weighted by atomic mass is 9.94. The van der Waals surface area contributed by atoms with Crippen LogP contribution in [0.1, 0.15) is 61.5 Å². The van der Waals surface area contributed by atoms with Crippen LogP contribution in [0.3, 0.4) is 0 Å². The molecule has 5 nitrogen and oxygen atoms in total. The van der Waals surface area contributed by atoms with Gasteiger partial charge in [0.2, 0.25) is 10.0 Å². The van der Waals surface area contributed by atoms with Crippen LogP contribution in [0.25, 0.3) is 0 Å². The number of hydrogen-bond acceptors (Lipinski definition) is 4. The Balaban J connectivity index is 1.63. The summed E-state index contributed by atoms with van der Waals surface area (Å²) in [5.74, 6) is 0.666. The Morgan fingerprint density at radius 3 is 2.10 bits per heavy atom. The molecule has 0 aliphatic carbocycles. The van der Waals surface area contributed by atoms with E-state index in [1.807, 2.05) is 24.3 Å². The largest absolute Gasteiger partial charge is 0.457 e. The molecule has 0 N–H and O–H groups in total. The zero-order chi connectivity index (χ0) is 21.9. The average Bonchev–Trinajstić information content (AvgIpc) is 2.71. The van der Waals surface area contributed by atoms with Gasteiger partial charge in [-0.25, -0.2) is 13.2 Å². The molecule has 1 aliphatic rings. The van der Waals surface area contributed by atoms with Gasteiger partial charge in [-0.15, -0.1) is 0 Å². The minimum Gasteiger partial charge on any atom is -0.457 e. The molecule has 6 heteroatoms. The van der Waals surface area contributed by atoms with Gasteiger partial charge in [-0.3, -0.25) is 0 Å². The summed E-state index contributed by atoms with van der Waals surface area (Å²) in [6.45, 7) is 9.66. The third-order valence-electron chi connectivity index (χ3n) is 5.58. The summed E-state index contributed by atoms with van der Waals surface area (Å²) in [4.78, 5) is 12.6. The second kappa shape index (κ2) is 9.31. The maximum Gasteiger partial charge on any atom is 0.338 e. The first-order chi connectivity index (χ1) is 14.2. The lowest BCUT2D eigenvalue weighted by Gasteiger charge is -2.34. The van der Waals surface area contributed by atoms with Crippen LogP contribution in [0, 0.1) is 11.8 Å². The number of esters is 1. The Bertz CT molecular complexity index is 955. The number of rotatable bonds is 6. The highest BCUT2D eigenvalue weighted by Gasteiger charge is 2.31. The molecular weight excluding hydrogens is 398 g/mol. The van der Waals surface area contributed by atoms with Crippen LogP contribution in [0.2, 0.25) is 0 Å². The van der Waals surface area contributed by atoms with Gasteiger partial charge in [-0.05, 0) is 59.6 Å². The molecule has 0 spiro atoms. The fourth-order valence-corrected chi connectivity index (χ4v) is 5.62. The van der Waals surface area contributed by atoms with Crippen LogP contribution in [-0.2, 0) is 21.4 Å². The molecule has 1 saturated heterocycles. The SMILES string of the molecule is CC(C)c1ccc(COC(=O)c2ccc(S(=O)(=O)N3C[C@H](C)C[C@@H](C)C3)cc2)cc1. The van der Waals surface area contributed by atoms with E-state index in [9.17, 15) is 13.2 Å². The molecule has 0 radical (unpaired) electrons. The van der Waals surface area contributed by atoms with E-state index in [2.05, 4.69) is 27.7 Å². The van der Waals surface area contributed by atoms with Crippen molar-refractivity contribution in [2.24, 2.45) is 11.8 Å². The van der Waals surface area contributed by atoms with Crippen LogP contribution < -0.4 is 0 Å². The van der Waals surface area contributed by atoms with Gasteiger partial charge in [0, 0.05) is 13.1 Å². The monoisotopic (exact) mass is 429 g/mol. The Labute approximate surface area is 180 Å². The quantitative estimate of drug-likeness (QED) is 0.617. The van der Waals surface area contributed by atoms with Gasteiger partial charge in [-0.1, -0.05) is 52.0 Å². The lowest BCUT2D eigenvalue weighted by Crippen LogP contribution is -2.42. The predicted molar refractivity (Wildman–Crippen MR) is 118 cm³/mol. The predicted octanol–water partition coefficient (Wildman–Crippen LogP) is 4.83. The molecular formula is C24H31NO4S. The molecule has 1 heterocycles. The van der Waals surface area contributed by atoms with E-state index >= 15 is 0 Å². The number of sulfonamides is 1. The van der Waals surface area contributed by atoms with Gasteiger partial charge in [0.25, 0.3) is 0 Å². The van der Waals surface area contributed by atoms with Crippen molar-refractivity contribution in [1.82, 2.24) is 4.31 Å². The molecule has 0 bridgehead atoms. The summed E-state index contributed by atoms with van der Waals surface area (Å²) in [7, 11) is -3.56. The van der Waals surface area contributed by atoms with E-state index in [0.717, 1.165) is 12.0 Å². The standard InChI is InChI=1S/C24H31NO4S/c1-17(2)21-7-5-20(6-8-21)16-29-24(26)22-9-11-23(12-10-22)30(27,28)25-14-18(3)13-19(4)15-25/h5-12,17-19H,13-16H2,1-4H3/t18-,19-/m1/s1. The average molecular weight is 430 g/mol. The molecule has 1 fully saturated rings. The molecule has 2 aromatic rings. The fourth-order valence-electron chi connectivity index (χ4n) is 3.95. The summed E-state index contributed by atoms with van der Waals surface area (Å²) in [6, 6.07) is 14.0. The number of carbonyl (C=O) groups excluding carboxylic acids is 1. The highest BCUT2D eigenvalue weighted by atomic mass is 32.2. The molecule has 0 saturated carbocycles. The highest BCUT2D eigenvalue weighted by molar-refractivity contribution is 7.89. The fraction of sp³-hybridized carbons (Fsp3) is 0.458. The van der Waals surface area contributed by atoms with Crippen LogP contribution >= 0.6 is 0 Å². The summed E-state index contributed by atoms with van der Waals surface area (Å²) >= 11 is 0. The summed E-state index contributed by atoms with van der Waals surface area (Å²) in [6.07, 6.45) is 1.04. The molecule has 3 rings (SSSR count). The van der Waals surface area contributed by atoms with Crippen molar-refractivity contribution in [2.45, 2.75) is 51.5 Å². The molecule has 0 amide bonds. The van der Waals surface area contributed by atoms with Gasteiger partial charge >= 0.3 is 5.97 Å². The smallest absolute Gasteiger partial charge is 0.338 e. The van der Waals surface area contributed by atoms with E-state index < -0.39 is 16.0 Å². The topological polar surface area (TPSA) is 63.7 Å². The van der Waals surface area contributed by atoms with E-state index in [1.54, 1.807) is 4.31 Å². The Hall–Kier alpha value is -2.18. The number of nitrogens with zero attached hydrogens (tertiary/aromatic N) is 1. The summed E-state index contributed by atoms with van der Waals surface area (Å²) in [5, 5.41) is 0. The van der Waals surface area contributed by atoms with Gasteiger partial charge in [0.1, 0.15) is 6.61 Å². The molecule has 0 unspecified atom stereocenters. The first kappa shape index (κ1) is 22.5. The number of benzene rings is 2. The molecule has 0 aromatic heterocycles. The Morgan fingerprint density at radius 1 is 1.00 bits per heavy atom. The summed E-state index contributed by atoms with van der Waals surface area (Å²) in [5.41, 5.74) is 2.49. The van der Waals surface area contributed by atoms with Gasteiger partial charge in [0.15, 0.2) is 0 Å². The van der Waals surface area contributed by atoms with Crippen LogP contribution in [-0.4, -0.2) is 31.8 Å². The second-order valence-electron chi connectivity index (χ2n) is 8.76. The minimum absolute atomic E-state index is 0.181. The van der Waals surface area contributed by atoms with Crippen molar-refractivity contribution in [3.05, 3.63) is 65.2 Å². The van der Waals surface area contributed by atoms with Crippen LogP contribution in [0.4, 0.5) is 0 Å². The number of ether oxygens (including phenoxy) is 1. The second-order valence-corrected chi connectivity index (χ2v) is 10.7. The number of piperidine rings is 1. The first-order valence-electron chi connectivity index (χ1n) is 10.5. The van der Waals surface area contributed by atoms with Gasteiger partial charge in [0.05, 0.1) is 10.5 Å². The Morgan fingerprint density at radius 2 is 1.57 bits per heavy atom.